The number of hydrogen-bond acceptors (Lipinski definition) is 4. The first-order chi connectivity index (χ1) is 24.2. The average Bonchev–Trinajstić information content (AvgIpc) is 3.17. The second-order valence-corrected chi connectivity index (χ2v) is 14.3. The number of aliphatic imine (C=N–C) groups is 1. The predicted molar refractivity (Wildman–Crippen MR) is 210 cm³/mol. The third-order valence-corrected chi connectivity index (χ3v) is 11.6. The molecule has 0 atom stereocenters. The van der Waals surface area contributed by atoms with E-state index in [1.807, 2.05) is 48.8 Å². The van der Waals surface area contributed by atoms with Gasteiger partial charge in [0.15, 0.2) is 0 Å². The molecule has 2 heterocycles. The van der Waals surface area contributed by atoms with Crippen LogP contribution < -0.4 is 0 Å². The topological polar surface area (TPSA) is 25.2 Å². The van der Waals surface area contributed by atoms with Crippen molar-refractivity contribution < 1.29 is 0 Å². The van der Waals surface area contributed by atoms with E-state index in [1.165, 1.54) is 63.0 Å². The van der Waals surface area contributed by atoms with E-state index in [2.05, 4.69) is 145 Å². The lowest BCUT2D eigenvalue weighted by Crippen LogP contribution is -1.99. The van der Waals surface area contributed by atoms with Crippen LogP contribution in [0.1, 0.15) is 12.5 Å². The van der Waals surface area contributed by atoms with Gasteiger partial charge >= 0.3 is 0 Å². The highest BCUT2D eigenvalue weighted by Crippen LogP contribution is 2.49. The maximum absolute atomic E-state index is 5.07. The monoisotopic (exact) mass is 662 g/mol. The molecule has 8 aromatic rings. The Hall–Kier alpha value is -5.42. The number of rotatable bonds is 5. The third kappa shape index (κ3) is 5.53. The first-order valence-corrected chi connectivity index (χ1v) is 18.0. The number of hydrogen-bond donors (Lipinski definition) is 0. The fourth-order valence-electron chi connectivity index (χ4n) is 6.82. The van der Waals surface area contributed by atoms with Crippen molar-refractivity contribution in [3.05, 3.63) is 170 Å². The van der Waals surface area contributed by atoms with E-state index in [0.717, 1.165) is 28.1 Å². The van der Waals surface area contributed by atoms with Gasteiger partial charge in [-0.1, -0.05) is 108 Å². The number of pyridine rings is 1. The van der Waals surface area contributed by atoms with Crippen molar-refractivity contribution in [3.8, 4) is 22.3 Å². The molecule has 1 aliphatic rings. The minimum Gasteiger partial charge on any atom is -0.262 e. The lowest BCUT2D eigenvalue weighted by atomic mass is 9.90. The molecule has 0 aliphatic carbocycles. The van der Waals surface area contributed by atoms with Crippen molar-refractivity contribution in [2.24, 2.45) is 4.99 Å². The Morgan fingerprint density at radius 3 is 1.73 bits per heavy atom. The summed E-state index contributed by atoms with van der Waals surface area (Å²) in [7, 11) is 0. The van der Waals surface area contributed by atoms with Crippen LogP contribution in [0.4, 0.5) is 5.69 Å². The van der Waals surface area contributed by atoms with Gasteiger partial charge in [0.25, 0.3) is 0 Å². The summed E-state index contributed by atoms with van der Waals surface area (Å²) in [5.41, 5.74) is 7.46. The summed E-state index contributed by atoms with van der Waals surface area (Å²) in [6.07, 6.45) is 7.74. The molecule has 0 fully saturated rings. The number of nitrogens with zero attached hydrogens (tertiary/aromatic N) is 2. The van der Waals surface area contributed by atoms with Crippen molar-refractivity contribution in [1.29, 1.82) is 0 Å². The molecule has 0 bridgehead atoms. The summed E-state index contributed by atoms with van der Waals surface area (Å²) < 4.78 is 0. The molecule has 0 saturated carbocycles. The highest BCUT2D eigenvalue weighted by molar-refractivity contribution is 8.05. The van der Waals surface area contributed by atoms with Crippen LogP contribution in [0.15, 0.2) is 189 Å². The molecule has 0 amide bonds. The van der Waals surface area contributed by atoms with Gasteiger partial charge in [0.2, 0.25) is 0 Å². The smallest absolute Gasteiger partial charge is 0.0820 e. The Balaban J connectivity index is 1.25. The van der Waals surface area contributed by atoms with Crippen LogP contribution in [0.3, 0.4) is 0 Å². The molecule has 0 unspecified atom stereocenters. The zero-order chi connectivity index (χ0) is 32.7. The maximum atomic E-state index is 5.07. The molecule has 0 saturated heterocycles. The number of aromatic nitrogens is 1. The molecular weight excluding hydrogens is 633 g/mol. The van der Waals surface area contributed by atoms with Gasteiger partial charge in [0, 0.05) is 31.3 Å². The van der Waals surface area contributed by atoms with Gasteiger partial charge < -0.3 is 0 Å². The second kappa shape index (κ2) is 12.6. The molecule has 0 spiro atoms. The molecule has 4 heteroatoms. The highest BCUT2D eigenvalue weighted by atomic mass is 32.2. The van der Waals surface area contributed by atoms with Gasteiger partial charge in [-0.15, -0.1) is 0 Å². The SMILES string of the molecule is C/C=C\C(=Nc1cccnc1)c1cc(-c2ccc3c(c2)Sc2ccccc2S3)cc(-c2ccc3c4ccccc4c4ccccc4c3c2)c1. The molecule has 232 valence electrons. The van der Waals surface area contributed by atoms with Gasteiger partial charge in [0.1, 0.15) is 0 Å². The summed E-state index contributed by atoms with van der Waals surface area (Å²) in [4.78, 5) is 14.6. The normalized spacial score (nSPS) is 12.9. The molecule has 7 aromatic carbocycles. The van der Waals surface area contributed by atoms with Gasteiger partial charge in [-0.3, -0.25) is 4.98 Å². The van der Waals surface area contributed by atoms with Crippen molar-refractivity contribution >= 4 is 67.2 Å². The molecule has 49 heavy (non-hydrogen) atoms. The van der Waals surface area contributed by atoms with Crippen LogP contribution in [-0.2, 0) is 0 Å². The summed E-state index contributed by atoms with van der Waals surface area (Å²) in [5.74, 6) is 0. The summed E-state index contributed by atoms with van der Waals surface area (Å²) in [5, 5.41) is 7.65. The van der Waals surface area contributed by atoms with Gasteiger partial charge in [-0.25, -0.2) is 4.99 Å². The van der Waals surface area contributed by atoms with Crippen LogP contribution in [0.5, 0.6) is 0 Å². The average molecular weight is 663 g/mol. The van der Waals surface area contributed by atoms with E-state index in [-0.39, 0.29) is 0 Å². The zero-order valence-corrected chi connectivity index (χ0v) is 28.4. The Bertz CT molecular complexity index is 2590. The fourth-order valence-corrected chi connectivity index (χ4v) is 9.07. The predicted octanol–water partition coefficient (Wildman–Crippen LogP) is 13.2. The zero-order valence-electron chi connectivity index (χ0n) is 26.8. The maximum Gasteiger partial charge on any atom is 0.0820 e. The Morgan fingerprint density at radius 1 is 0.510 bits per heavy atom. The van der Waals surface area contributed by atoms with Crippen molar-refractivity contribution in [2.45, 2.75) is 26.5 Å². The minimum absolute atomic E-state index is 0.826. The Morgan fingerprint density at radius 2 is 1.08 bits per heavy atom. The van der Waals surface area contributed by atoms with E-state index >= 15 is 0 Å². The standard InChI is InChI=1S/C45H30N2S2/c1-2-10-41(47-34-11-9-22-46-28-34)33-24-31(23-32(25-33)30-19-21-44-45(27-30)49-43-17-8-7-16-42(43)48-44)29-18-20-39-37-14-4-3-12-35(37)36-13-5-6-15-38(36)40(39)26-29/h2-28H,1H3/b10-2-,47-41?. The Kier molecular flexibility index (Phi) is 7.61. The molecule has 1 aromatic heterocycles. The number of fused-ring (bicyclic) bond motifs is 8. The van der Waals surface area contributed by atoms with E-state index in [9.17, 15) is 0 Å². The molecular formula is C45H30N2S2. The number of benzene rings is 7. The molecule has 9 rings (SSSR count). The fraction of sp³-hybridized carbons (Fsp3) is 0.0222. The van der Waals surface area contributed by atoms with Gasteiger partial charge in [0.05, 0.1) is 17.6 Å². The van der Waals surface area contributed by atoms with Crippen molar-refractivity contribution in [2.75, 3.05) is 0 Å². The molecule has 2 nitrogen and oxygen atoms in total. The van der Waals surface area contributed by atoms with E-state index in [1.54, 1.807) is 6.20 Å². The van der Waals surface area contributed by atoms with Crippen LogP contribution in [-0.4, -0.2) is 10.7 Å². The highest BCUT2D eigenvalue weighted by Gasteiger charge is 2.18. The quantitative estimate of drug-likeness (QED) is 0.135. The molecule has 0 N–H and O–H groups in total. The van der Waals surface area contributed by atoms with Gasteiger partial charge in [-0.2, -0.15) is 0 Å². The summed E-state index contributed by atoms with van der Waals surface area (Å²) in [6.45, 7) is 2.04. The Labute approximate surface area is 294 Å². The van der Waals surface area contributed by atoms with E-state index < -0.39 is 0 Å². The van der Waals surface area contributed by atoms with E-state index in [4.69, 9.17) is 4.99 Å². The second-order valence-electron chi connectivity index (χ2n) is 12.2. The molecule has 0 radical (unpaired) electrons. The summed E-state index contributed by atoms with van der Waals surface area (Å²) in [6, 6.07) is 50.8. The van der Waals surface area contributed by atoms with Crippen LogP contribution in [0.2, 0.25) is 0 Å². The number of allylic oxidation sites excluding steroid dienone is 2. The van der Waals surface area contributed by atoms with E-state index in [0.29, 0.717) is 0 Å². The van der Waals surface area contributed by atoms with Crippen molar-refractivity contribution in [3.63, 3.8) is 0 Å². The van der Waals surface area contributed by atoms with Crippen LogP contribution in [0.25, 0.3) is 54.6 Å². The lowest BCUT2D eigenvalue weighted by Gasteiger charge is -2.19. The first kappa shape index (κ1) is 29.7. The lowest BCUT2D eigenvalue weighted by molar-refractivity contribution is 1.16. The largest absolute Gasteiger partial charge is 0.262 e. The summed E-state index contributed by atoms with van der Waals surface area (Å²) >= 11 is 3.70. The first-order valence-electron chi connectivity index (χ1n) is 16.4. The van der Waals surface area contributed by atoms with Crippen molar-refractivity contribution in [1.82, 2.24) is 4.98 Å². The third-order valence-electron chi connectivity index (χ3n) is 9.09. The van der Waals surface area contributed by atoms with Crippen LogP contribution >= 0.6 is 23.5 Å². The molecule has 1 aliphatic heterocycles. The minimum atomic E-state index is 0.826. The van der Waals surface area contributed by atoms with Crippen LogP contribution in [0, 0.1) is 0 Å². The van der Waals surface area contributed by atoms with Gasteiger partial charge in [-0.05, 0) is 128 Å².